The van der Waals surface area contributed by atoms with Crippen molar-refractivity contribution >= 4 is 5.91 Å². The van der Waals surface area contributed by atoms with Crippen LogP contribution in [-0.2, 0) is 11.3 Å². The molecule has 0 radical (unpaired) electrons. The molecule has 1 amide bonds. The first-order valence-electron chi connectivity index (χ1n) is 9.64. The van der Waals surface area contributed by atoms with Crippen LogP contribution in [0.1, 0.15) is 25.2 Å². The third-order valence-corrected chi connectivity index (χ3v) is 4.82. The van der Waals surface area contributed by atoms with E-state index in [1.807, 2.05) is 44.4 Å². The predicted octanol–water partition coefficient (Wildman–Crippen LogP) is 2.02. The molecule has 1 fully saturated rings. The summed E-state index contributed by atoms with van der Waals surface area (Å²) in [6.07, 6.45) is 2.92. The fraction of sp³-hybridized carbons (Fsp3) is 0.550. The lowest BCUT2D eigenvalue weighted by Crippen LogP contribution is -2.43. The van der Waals surface area contributed by atoms with Crippen molar-refractivity contribution < 1.29 is 9.32 Å². The highest BCUT2D eigenvalue weighted by atomic mass is 16.5. The van der Waals surface area contributed by atoms with Crippen molar-refractivity contribution in [3.05, 3.63) is 36.2 Å². The van der Waals surface area contributed by atoms with Gasteiger partial charge < -0.3 is 14.7 Å². The average Bonchev–Trinajstić information content (AvgIpc) is 3.14. The molecule has 1 N–H and O–H groups in total. The van der Waals surface area contributed by atoms with E-state index in [1.54, 1.807) is 0 Å². The van der Waals surface area contributed by atoms with Gasteiger partial charge in [0.15, 0.2) is 0 Å². The maximum Gasteiger partial charge on any atom is 0.241 e. The topological polar surface area (TPSA) is 74.5 Å². The van der Waals surface area contributed by atoms with E-state index in [9.17, 15) is 4.79 Å². The molecule has 1 aliphatic heterocycles. The summed E-state index contributed by atoms with van der Waals surface area (Å²) in [5.74, 6) is 1.40. The van der Waals surface area contributed by atoms with E-state index in [4.69, 9.17) is 4.52 Å². The molecule has 1 unspecified atom stereocenters. The smallest absolute Gasteiger partial charge is 0.241 e. The van der Waals surface area contributed by atoms with Crippen LogP contribution in [0.4, 0.5) is 0 Å². The Morgan fingerprint density at radius 2 is 2.15 bits per heavy atom. The van der Waals surface area contributed by atoms with Crippen molar-refractivity contribution in [2.75, 3.05) is 40.3 Å². The van der Waals surface area contributed by atoms with Crippen LogP contribution >= 0.6 is 0 Å². The largest absolute Gasteiger partial charge is 0.356 e. The molecule has 0 spiro atoms. The van der Waals surface area contributed by atoms with E-state index >= 15 is 0 Å². The molecule has 1 aliphatic rings. The monoisotopic (exact) mass is 371 g/mol. The second-order valence-electron chi connectivity index (χ2n) is 7.40. The van der Waals surface area contributed by atoms with Gasteiger partial charge in [0, 0.05) is 18.7 Å². The second-order valence-corrected chi connectivity index (χ2v) is 7.40. The summed E-state index contributed by atoms with van der Waals surface area (Å²) in [5.41, 5.74) is 0.945. The number of hydrogen-bond donors (Lipinski definition) is 1. The fourth-order valence-electron chi connectivity index (χ4n) is 3.38. The summed E-state index contributed by atoms with van der Waals surface area (Å²) in [7, 11) is 4.09. The molecule has 1 atom stereocenters. The highest BCUT2D eigenvalue weighted by Gasteiger charge is 2.26. The zero-order valence-corrected chi connectivity index (χ0v) is 16.2. The third kappa shape index (κ3) is 5.87. The lowest BCUT2D eigenvalue weighted by atomic mass is 9.97. The Bertz CT molecular complexity index is 716. The molecule has 27 heavy (non-hydrogen) atoms. The van der Waals surface area contributed by atoms with Gasteiger partial charge in [-0.05, 0) is 46.4 Å². The summed E-state index contributed by atoms with van der Waals surface area (Å²) in [6.45, 7) is 4.00. The van der Waals surface area contributed by atoms with Crippen molar-refractivity contribution in [1.82, 2.24) is 25.3 Å². The predicted molar refractivity (Wildman–Crippen MR) is 104 cm³/mol. The minimum Gasteiger partial charge on any atom is -0.356 e. The maximum absolute atomic E-state index is 12.4. The molecule has 0 bridgehead atoms. The minimum atomic E-state index is 0.0367. The molecular formula is C20H29N5O2. The van der Waals surface area contributed by atoms with Crippen molar-refractivity contribution in [3.63, 3.8) is 0 Å². The van der Waals surface area contributed by atoms with E-state index in [0.29, 0.717) is 18.3 Å². The van der Waals surface area contributed by atoms with Gasteiger partial charge in [0.05, 0.1) is 12.5 Å². The van der Waals surface area contributed by atoms with Crippen LogP contribution in [0.25, 0.3) is 11.4 Å². The molecule has 7 heteroatoms. The Morgan fingerprint density at radius 1 is 1.33 bits per heavy atom. The average molecular weight is 371 g/mol. The number of nitrogens with one attached hydrogen (secondary N) is 1. The lowest BCUT2D eigenvalue weighted by Gasteiger charge is -2.30. The van der Waals surface area contributed by atoms with Gasteiger partial charge in [-0.1, -0.05) is 35.5 Å². The second kappa shape index (κ2) is 9.62. The molecule has 1 saturated heterocycles. The molecule has 3 rings (SSSR count). The van der Waals surface area contributed by atoms with Gasteiger partial charge in [-0.25, -0.2) is 0 Å². The first-order valence-corrected chi connectivity index (χ1v) is 9.64. The van der Waals surface area contributed by atoms with Crippen LogP contribution < -0.4 is 5.32 Å². The summed E-state index contributed by atoms with van der Waals surface area (Å²) in [4.78, 5) is 21.3. The van der Waals surface area contributed by atoms with Crippen molar-refractivity contribution in [3.8, 4) is 11.4 Å². The molecule has 2 heterocycles. The quantitative estimate of drug-likeness (QED) is 0.716. The maximum atomic E-state index is 12.4. The lowest BCUT2D eigenvalue weighted by molar-refractivity contribution is -0.126. The van der Waals surface area contributed by atoms with Crippen LogP contribution in [-0.4, -0.2) is 66.1 Å². The summed E-state index contributed by atoms with van der Waals surface area (Å²) in [5, 5.41) is 7.15. The van der Waals surface area contributed by atoms with Gasteiger partial charge in [-0.15, -0.1) is 0 Å². The van der Waals surface area contributed by atoms with Crippen LogP contribution in [0.5, 0.6) is 0 Å². The van der Waals surface area contributed by atoms with Crippen LogP contribution in [0.15, 0.2) is 34.9 Å². The Labute approximate surface area is 160 Å². The van der Waals surface area contributed by atoms with E-state index in [1.165, 1.54) is 0 Å². The minimum absolute atomic E-state index is 0.0367. The zero-order chi connectivity index (χ0) is 19.1. The van der Waals surface area contributed by atoms with E-state index in [-0.39, 0.29) is 11.8 Å². The summed E-state index contributed by atoms with van der Waals surface area (Å²) >= 11 is 0. The zero-order valence-electron chi connectivity index (χ0n) is 16.2. The SMILES string of the molecule is CN(C)CCCNC(=O)C1CCCN(Cc2nc(-c3ccccc3)no2)C1. The number of carbonyl (C=O) groups is 1. The van der Waals surface area contributed by atoms with Crippen LogP contribution in [0, 0.1) is 5.92 Å². The fourth-order valence-corrected chi connectivity index (χ4v) is 3.38. The van der Waals surface area contributed by atoms with E-state index < -0.39 is 0 Å². The van der Waals surface area contributed by atoms with E-state index in [0.717, 1.165) is 51.0 Å². The number of aromatic nitrogens is 2. The molecule has 1 aromatic carbocycles. The van der Waals surface area contributed by atoms with Gasteiger partial charge in [0.25, 0.3) is 0 Å². The highest BCUT2D eigenvalue weighted by Crippen LogP contribution is 2.20. The van der Waals surface area contributed by atoms with Gasteiger partial charge in [-0.3, -0.25) is 9.69 Å². The molecule has 146 valence electrons. The first-order chi connectivity index (χ1) is 13.1. The number of benzene rings is 1. The van der Waals surface area contributed by atoms with Crippen LogP contribution in [0.2, 0.25) is 0 Å². The van der Waals surface area contributed by atoms with E-state index in [2.05, 4.69) is 25.3 Å². The number of amides is 1. The Morgan fingerprint density at radius 3 is 2.93 bits per heavy atom. The number of rotatable bonds is 8. The highest BCUT2D eigenvalue weighted by molar-refractivity contribution is 5.78. The van der Waals surface area contributed by atoms with Gasteiger partial charge in [0.2, 0.25) is 17.6 Å². The van der Waals surface area contributed by atoms with Crippen molar-refractivity contribution in [2.45, 2.75) is 25.8 Å². The summed E-state index contributed by atoms with van der Waals surface area (Å²) < 4.78 is 5.41. The molecule has 0 aliphatic carbocycles. The number of nitrogens with zero attached hydrogens (tertiary/aromatic N) is 4. The molecular weight excluding hydrogens is 342 g/mol. The Hall–Kier alpha value is -2.25. The van der Waals surface area contributed by atoms with Crippen LogP contribution in [0.3, 0.4) is 0 Å². The van der Waals surface area contributed by atoms with Gasteiger partial charge in [-0.2, -0.15) is 4.98 Å². The molecule has 0 saturated carbocycles. The molecule has 1 aromatic heterocycles. The first kappa shape index (κ1) is 19.5. The Kier molecular flexibility index (Phi) is 6.95. The third-order valence-electron chi connectivity index (χ3n) is 4.82. The number of likely N-dealkylation sites (tertiary alicyclic amines) is 1. The standard InChI is InChI=1S/C20H29N5O2/c1-24(2)12-7-11-21-20(26)17-10-6-13-25(14-17)15-18-22-19(23-27-18)16-8-4-3-5-9-16/h3-5,8-9,17H,6-7,10-15H2,1-2H3,(H,21,26). The Balaban J connectivity index is 1.48. The molecule has 2 aromatic rings. The normalized spacial score (nSPS) is 18.0. The van der Waals surface area contributed by atoms with Crippen molar-refractivity contribution in [1.29, 1.82) is 0 Å². The summed E-state index contributed by atoms with van der Waals surface area (Å²) in [6, 6.07) is 9.80. The van der Waals surface area contributed by atoms with Crippen molar-refractivity contribution in [2.24, 2.45) is 5.92 Å². The van der Waals surface area contributed by atoms with Gasteiger partial charge >= 0.3 is 0 Å². The number of piperidine rings is 1. The number of carbonyl (C=O) groups excluding carboxylic acids is 1. The molecule has 7 nitrogen and oxygen atoms in total. The number of hydrogen-bond acceptors (Lipinski definition) is 6. The van der Waals surface area contributed by atoms with Gasteiger partial charge in [0.1, 0.15) is 0 Å².